The van der Waals surface area contributed by atoms with E-state index in [0.29, 0.717) is 16.9 Å². The van der Waals surface area contributed by atoms with Crippen LogP contribution in [0.3, 0.4) is 0 Å². The monoisotopic (exact) mass is 421 g/mol. The van der Waals surface area contributed by atoms with Crippen molar-refractivity contribution < 1.29 is 27.8 Å². The Kier molecular flexibility index (Phi) is 5.92. The van der Waals surface area contributed by atoms with E-state index in [1.807, 2.05) is 6.26 Å². The third-order valence-electron chi connectivity index (χ3n) is 3.72. The summed E-state index contributed by atoms with van der Waals surface area (Å²) in [4.78, 5) is 20.3. The maximum atomic E-state index is 12.3. The molecule has 0 bridgehead atoms. The van der Waals surface area contributed by atoms with Crippen LogP contribution in [0, 0.1) is 0 Å². The van der Waals surface area contributed by atoms with Gasteiger partial charge < -0.3 is 15.2 Å². The van der Waals surface area contributed by atoms with Gasteiger partial charge in [0.15, 0.2) is 0 Å². The third-order valence-corrected chi connectivity index (χ3v) is 4.46. The van der Waals surface area contributed by atoms with Crippen LogP contribution in [0.5, 0.6) is 5.75 Å². The maximum absolute atomic E-state index is 12.3. The van der Waals surface area contributed by atoms with Gasteiger partial charge in [-0.2, -0.15) is 0 Å². The number of ether oxygens (including phenoxy) is 1. The molecule has 0 radical (unpaired) electrons. The van der Waals surface area contributed by atoms with Crippen molar-refractivity contribution in [2.45, 2.75) is 11.3 Å². The quantitative estimate of drug-likeness (QED) is 0.529. The van der Waals surface area contributed by atoms with Crippen molar-refractivity contribution in [3.8, 4) is 17.0 Å². The van der Waals surface area contributed by atoms with E-state index in [4.69, 9.17) is 5.11 Å². The lowest BCUT2D eigenvalue weighted by Gasteiger charge is -2.12. The van der Waals surface area contributed by atoms with Crippen LogP contribution in [0.25, 0.3) is 11.3 Å². The van der Waals surface area contributed by atoms with Crippen LogP contribution in [-0.4, -0.2) is 33.7 Å². The van der Waals surface area contributed by atoms with E-state index >= 15 is 0 Å². The van der Waals surface area contributed by atoms with Crippen LogP contribution in [0.4, 0.5) is 24.8 Å². The van der Waals surface area contributed by atoms with Gasteiger partial charge in [0, 0.05) is 17.4 Å². The molecule has 29 heavy (non-hydrogen) atoms. The molecular weight excluding hydrogens is 407 g/mol. The number of anilines is 2. The van der Waals surface area contributed by atoms with Crippen molar-refractivity contribution in [3.05, 3.63) is 60.3 Å². The Balaban J connectivity index is 1.86. The number of halogens is 3. The first-order valence-corrected chi connectivity index (χ1v) is 9.35. The second-order valence-electron chi connectivity index (χ2n) is 5.69. The predicted molar refractivity (Wildman–Crippen MR) is 103 cm³/mol. The molecule has 2 N–H and O–H groups in total. The van der Waals surface area contributed by atoms with Gasteiger partial charge in [-0.25, -0.2) is 14.8 Å². The molecule has 0 saturated heterocycles. The Morgan fingerprint density at radius 2 is 1.76 bits per heavy atom. The van der Waals surface area contributed by atoms with Gasteiger partial charge in [-0.15, -0.1) is 24.9 Å². The molecule has 3 aromatic rings. The van der Waals surface area contributed by atoms with Crippen molar-refractivity contribution in [3.63, 3.8) is 0 Å². The summed E-state index contributed by atoms with van der Waals surface area (Å²) in [6, 6.07) is 11.4. The van der Waals surface area contributed by atoms with Crippen LogP contribution < -0.4 is 10.1 Å². The minimum Gasteiger partial charge on any atom is -0.478 e. The molecule has 0 atom stereocenters. The molecule has 1 heterocycles. The zero-order valence-electron chi connectivity index (χ0n) is 14.9. The maximum Gasteiger partial charge on any atom is 0.573 e. The highest BCUT2D eigenvalue weighted by Gasteiger charge is 2.31. The summed E-state index contributed by atoms with van der Waals surface area (Å²) in [5.41, 5.74) is 1.87. The number of hydrogen-bond donors (Lipinski definition) is 2. The van der Waals surface area contributed by atoms with Gasteiger partial charge in [-0.3, -0.25) is 0 Å². The number of carboxylic acids is 1. The van der Waals surface area contributed by atoms with Crippen LogP contribution in [0.2, 0.25) is 0 Å². The number of aromatic carboxylic acids is 1. The van der Waals surface area contributed by atoms with Gasteiger partial charge in [0.1, 0.15) is 5.75 Å². The van der Waals surface area contributed by atoms with E-state index in [0.717, 1.165) is 4.90 Å². The zero-order chi connectivity index (χ0) is 21.0. The van der Waals surface area contributed by atoms with Crippen molar-refractivity contribution in [1.29, 1.82) is 0 Å². The van der Waals surface area contributed by atoms with Crippen LogP contribution in [0.1, 0.15) is 10.4 Å². The smallest absolute Gasteiger partial charge is 0.478 e. The van der Waals surface area contributed by atoms with E-state index in [1.165, 1.54) is 48.2 Å². The molecule has 10 heteroatoms. The lowest BCUT2D eigenvalue weighted by atomic mass is 10.1. The molecule has 0 unspecified atom stereocenters. The Morgan fingerprint density at radius 3 is 2.31 bits per heavy atom. The van der Waals surface area contributed by atoms with Gasteiger partial charge in [-0.1, -0.05) is 0 Å². The van der Waals surface area contributed by atoms with Crippen LogP contribution in [0.15, 0.2) is 59.6 Å². The lowest BCUT2D eigenvalue weighted by molar-refractivity contribution is -0.274. The third kappa shape index (κ3) is 5.38. The average molecular weight is 421 g/mol. The van der Waals surface area contributed by atoms with Crippen molar-refractivity contribution in [1.82, 2.24) is 9.97 Å². The first-order chi connectivity index (χ1) is 13.7. The first-order valence-electron chi connectivity index (χ1n) is 8.13. The van der Waals surface area contributed by atoms with E-state index in [-0.39, 0.29) is 17.3 Å². The van der Waals surface area contributed by atoms with Crippen LogP contribution in [-0.2, 0) is 0 Å². The predicted octanol–water partition coefficient (Wildman–Crippen LogP) is 5.21. The molecule has 1 aromatic heterocycles. The summed E-state index contributed by atoms with van der Waals surface area (Å²) < 4.78 is 40.9. The van der Waals surface area contributed by atoms with Gasteiger partial charge in [-0.05, 0) is 54.8 Å². The van der Waals surface area contributed by atoms with Gasteiger partial charge in [0.05, 0.1) is 16.2 Å². The molecule has 3 rings (SSSR count). The summed E-state index contributed by atoms with van der Waals surface area (Å²) in [7, 11) is 0. The van der Waals surface area contributed by atoms with Gasteiger partial charge in [0.2, 0.25) is 5.95 Å². The number of nitrogens with one attached hydrogen (secondary N) is 1. The molecule has 6 nitrogen and oxygen atoms in total. The lowest BCUT2D eigenvalue weighted by Crippen LogP contribution is -2.16. The summed E-state index contributed by atoms with van der Waals surface area (Å²) in [6.07, 6.45) is -1.32. The van der Waals surface area contributed by atoms with E-state index in [9.17, 15) is 18.0 Å². The molecule has 0 spiro atoms. The fourth-order valence-corrected chi connectivity index (χ4v) is 2.94. The molecule has 2 aromatic carbocycles. The Hall–Kier alpha value is -3.27. The summed E-state index contributed by atoms with van der Waals surface area (Å²) in [5, 5.41) is 11.9. The normalized spacial score (nSPS) is 11.2. The topological polar surface area (TPSA) is 84.3 Å². The number of thioether (sulfide) groups is 1. The molecule has 150 valence electrons. The number of rotatable bonds is 6. The summed E-state index contributed by atoms with van der Waals surface area (Å²) in [6.45, 7) is 0. The Labute approximate surface area is 167 Å². The molecule has 0 aliphatic rings. The Morgan fingerprint density at radius 1 is 1.10 bits per heavy atom. The minimum atomic E-state index is -4.76. The average Bonchev–Trinajstić information content (AvgIpc) is 2.68. The summed E-state index contributed by atoms with van der Waals surface area (Å²) in [5.74, 6) is -1.09. The number of alkyl halides is 3. The highest BCUT2D eigenvalue weighted by Crippen LogP contribution is 2.31. The molecule has 0 aliphatic carbocycles. The number of carbonyl (C=O) groups is 1. The van der Waals surface area contributed by atoms with E-state index in [1.54, 1.807) is 18.3 Å². The highest BCUT2D eigenvalue weighted by molar-refractivity contribution is 7.98. The van der Waals surface area contributed by atoms with Gasteiger partial charge in [0.25, 0.3) is 0 Å². The fraction of sp³-hybridized carbons (Fsp3) is 0.105. The van der Waals surface area contributed by atoms with Crippen molar-refractivity contribution in [2.75, 3.05) is 11.6 Å². The highest BCUT2D eigenvalue weighted by atomic mass is 32.2. The number of benzene rings is 2. The number of nitrogens with zero attached hydrogens (tertiary/aromatic N) is 2. The molecule has 0 saturated carbocycles. The fourth-order valence-electron chi connectivity index (χ4n) is 2.43. The van der Waals surface area contributed by atoms with Crippen molar-refractivity contribution >= 4 is 29.4 Å². The molecule has 0 amide bonds. The van der Waals surface area contributed by atoms with E-state index < -0.39 is 12.3 Å². The SMILES string of the molecule is CSc1cnc(Nc2ccc(C(=O)O)cc2)nc1-c1ccc(OC(F)(F)F)cc1. The second kappa shape index (κ2) is 8.39. The van der Waals surface area contributed by atoms with Crippen LogP contribution >= 0.6 is 11.8 Å². The van der Waals surface area contributed by atoms with Gasteiger partial charge >= 0.3 is 12.3 Å². The standard InChI is InChI=1S/C19H14F3N3O3S/c1-29-15-10-23-18(24-13-6-2-12(3-7-13)17(26)27)25-16(15)11-4-8-14(9-5-11)28-19(20,21)22/h2-10H,1H3,(H,26,27)(H,23,24,25). The zero-order valence-corrected chi connectivity index (χ0v) is 15.7. The number of hydrogen-bond acceptors (Lipinski definition) is 6. The molecule has 0 aliphatic heterocycles. The summed E-state index contributed by atoms with van der Waals surface area (Å²) >= 11 is 1.40. The minimum absolute atomic E-state index is 0.149. The number of carboxylic acid groups (broad SMARTS) is 1. The second-order valence-corrected chi connectivity index (χ2v) is 6.54. The van der Waals surface area contributed by atoms with Crippen molar-refractivity contribution in [2.24, 2.45) is 0 Å². The molecular formula is C19H14F3N3O3S. The molecule has 0 fully saturated rings. The van der Waals surface area contributed by atoms with E-state index in [2.05, 4.69) is 20.0 Å². The number of aromatic nitrogens is 2. The first kappa shape index (κ1) is 20.5. The Bertz CT molecular complexity index is 1010. The largest absolute Gasteiger partial charge is 0.573 e.